The van der Waals surface area contributed by atoms with E-state index in [1.807, 2.05) is 6.92 Å². The zero-order valence-electron chi connectivity index (χ0n) is 16.5. The molecule has 0 saturated heterocycles. The molecule has 158 valence electrons. The molecule has 2 amide bonds. The Morgan fingerprint density at radius 2 is 2.03 bits per heavy atom. The van der Waals surface area contributed by atoms with Gasteiger partial charge in [-0.2, -0.15) is 5.10 Å². The van der Waals surface area contributed by atoms with E-state index in [1.165, 1.54) is 10.9 Å². The summed E-state index contributed by atoms with van der Waals surface area (Å²) in [6, 6.07) is 5.00. The van der Waals surface area contributed by atoms with E-state index in [0.29, 0.717) is 27.1 Å². The number of aromatic nitrogens is 3. The summed E-state index contributed by atoms with van der Waals surface area (Å²) >= 11 is 1.15. The molecule has 0 spiro atoms. The fourth-order valence-electron chi connectivity index (χ4n) is 2.66. The lowest BCUT2D eigenvalue weighted by Gasteiger charge is -2.11. The SMILES string of the molecule is Cc1ccc(O)c(C)c1NC(=O)c1cnc(Nc2ccn(CC(=O)NCCO)n2)s1. The first-order chi connectivity index (χ1) is 14.4. The van der Waals surface area contributed by atoms with Gasteiger partial charge in [-0.05, 0) is 25.5 Å². The summed E-state index contributed by atoms with van der Waals surface area (Å²) in [4.78, 5) is 28.8. The summed E-state index contributed by atoms with van der Waals surface area (Å²) in [7, 11) is 0. The van der Waals surface area contributed by atoms with Crippen molar-refractivity contribution in [2.75, 3.05) is 23.8 Å². The van der Waals surface area contributed by atoms with Gasteiger partial charge in [0.15, 0.2) is 10.9 Å². The van der Waals surface area contributed by atoms with E-state index in [0.717, 1.165) is 16.9 Å². The number of carbonyl (C=O) groups excluding carboxylic acids is 2. The summed E-state index contributed by atoms with van der Waals surface area (Å²) in [5.41, 5.74) is 2.01. The zero-order chi connectivity index (χ0) is 21.7. The molecule has 0 saturated carbocycles. The van der Waals surface area contributed by atoms with Gasteiger partial charge in [-0.1, -0.05) is 17.4 Å². The number of nitrogens with one attached hydrogen (secondary N) is 3. The Hall–Kier alpha value is -3.44. The number of carbonyl (C=O) groups is 2. The molecular weight excluding hydrogens is 408 g/mol. The number of aliphatic hydroxyl groups is 1. The van der Waals surface area contributed by atoms with Crippen LogP contribution in [0.2, 0.25) is 0 Å². The number of phenolic OH excluding ortho intramolecular Hbond substituents is 1. The first kappa shape index (κ1) is 21.3. The Morgan fingerprint density at radius 1 is 1.23 bits per heavy atom. The van der Waals surface area contributed by atoms with E-state index in [2.05, 4.69) is 26.0 Å². The van der Waals surface area contributed by atoms with Crippen LogP contribution in [-0.2, 0) is 11.3 Å². The van der Waals surface area contributed by atoms with Crippen LogP contribution in [0.5, 0.6) is 5.75 Å². The number of hydrogen-bond acceptors (Lipinski definition) is 8. The highest BCUT2D eigenvalue weighted by atomic mass is 32.1. The molecule has 11 heteroatoms. The van der Waals surface area contributed by atoms with Gasteiger partial charge in [0.05, 0.1) is 18.5 Å². The van der Waals surface area contributed by atoms with E-state index < -0.39 is 0 Å². The number of nitrogens with zero attached hydrogens (tertiary/aromatic N) is 3. The van der Waals surface area contributed by atoms with Gasteiger partial charge in [0.25, 0.3) is 5.91 Å². The molecule has 0 aliphatic heterocycles. The Balaban J connectivity index is 1.62. The number of anilines is 3. The van der Waals surface area contributed by atoms with Gasteiger partial charge in [0.2, 0.25) is 5.91 Å². The lowest BCUT2D eigenvalue weighted by Crippen LogP contribution is -2.30. The number of aliphatic hydroxyl groups excluding tert-OH is 1. The molecule has 3 aromatic rings. The molecule has 0 atom stereocenters. The van der Waals surface area contributed by atoms with Crippen LogP contribution in [0.15, 0.2) is 30.6 Å². The summed E-state index contributed by atoms with van der Waals surface area (Å²) in [6.07, 6.45) is 3.09. The average Bonchev–Trinajstić information content (AvgIpc) is 3.36. The predicted molar refractivity (Wildman–Crippen MR) is 113 cm³/mol. The second-order valence-corrected chi connectivity index (χ2v) is 7.51. The molecule has 0 unspecified atom stereocenters. The van der Waals surface area contributed by atoms with E-state index in [4.69, 9.17) is 5.11 Å². The molecule has 5 N–H and O–H groups in total. The van der Waals surface area contributed by atoms with Gasteiger partial charge in [-0.3, -0.25) is 14.3 Å². The van der Waals surface area contributed by atoms with Crippen molar-refractivity contribution in [2.45, 2.75) is 20.4 Å². The molecule has 2 aromatic heterocycles. The number of aromatic hydroxyl groups is 1. The quantitative estimate of drug-likeness (QED) is 0.367. The summed E-state index contributed by atoms with van der Waals surface area (Å²) in [6.45, 7) is 3.68. The van der Waals surface area contributed by atoms with Crippen LogP contribution in [0.4, 0.5) is 16.6 Å². The monoisotopic (exact) mass is 430 g/mol. The number of hydrogen-bond donors (Lipinski definition) is 5. The summed E-state index contributed by atoms with van der Waals surface area (Å²) in [5, 5.41) is 31.6. The van der Waals surface area contributed by atoms with E-state index >= 15 is 0 Å². The highest BCUT2D eigenvalue weighted by Crippen LogP contribution is 2.29. The number of benzene rings is 1. The highest BCUT2D eigenvalue weighted by molar-refractivity contribution is 7.17. The number of phenols is 1. The average molecular weight is 430 g/mol. The molecule has 1 aromatic carbocycles. The largest absolute Gasteiger partial charge is 0.508 e. The van der Waals surface area contributed by atoms with Crippen LogP contribution in [0.25, 0.3) is 0 Å². The molecular formula is C19H22N6O4S. The van der Waals surface area contributed by atoms with Crippen molar-refractivity contribution in [2.24, 2.45) is 0 Å². The normalized spacial score (nSPS) is 10.6. The minimum atomic E-state index is -0.330. The topological polar surface area (TPSA) is 141 Å². The van der Waals surface area contributed by atoms with Crippen molar-refractivity contribution >= 4 is 39.8 Å². The second-order valence-electron chi connectivity index (χ2n) is 6.48. The molecule has 0 bridgehead atoms. The Morgan fingerprint density at radius 3 is 2.80 bits per heavy atom. The van der Waals surface area contributed by atoms with Crippen molar-refractivity contribution in [1.29, 1.82) is 0 Å². The van der Waals surface area contributed by atoms with Crippen LogP contribution in [0.1, 0.15) is 20.8 Å². The first-order valence-electron chi connectivity index (χ1n) is 9.11. The smallest absolute Gasteiger partial charge is 0.267 e. The van der Waals surface area contributed by atoms with Crippen LogP contribution in [-0.4, -0.2) is 49.9 Å². The van der Waals surface area contributed by atoms with E-state index in [1.54, 1.807) is 31.3 Å². The maximum Gasteiger partial charge on any atom is 0.267 e. The number of rotatable bonds is 8. The molecule has 10 nitrogen and oxygen atoms in total. The van der Waals surface area contributed by atoms with Gasteiger partial charge < -0.3 is 26.2 Å². The molecule has 3 rings (SSSR count). The lowest BCUT2D eigenvalue weighted by atomic mass is 10.1. The molecule has 0 fully saturated rings. The molecule has 0 aliphatic rings. The van der Waals surface area contributed by atoms with E-state index in [-0.39, 0.29) is 37.3 Å². The van der Waals surface area contributed by atoms with Crippen molar-refractivity contribution in [3.05, 3.63) is 46.6 Å². The molecule has 0 aliphatic carbocycles. The number of amides is 2. The van der Waals surface area contributed by atoms with Crippen molar-refractivity contribution in [1.82, 2.24) is 20.1 Å². The Kier molecular flexibility index (Phi) is 6.65. The molecule has 2 heterocycles. The standard InChI is InChI=1S/C19H22N6O4S/c1-11-3-4-13(27)12(2)17(11)23-18(29)14-9-21-19(30-14)22-15-5-7-25(24-15)10-16(28)20-6-8-26/h3-5,7,9,26-27H,6,8,10H2,1-2H3,(H,20,28)(H,23,29)(H,21,22,24). The Bertz CT molecular complexity index is 1060. The van der Waals surface area contributed by atoms with Crippen LogP contribution in [0, 0.1) is 13.8 Å². The van der Waals surface area contributed by atoms with Crippen molar-refractivity contribution in [3.63, 3.8) is 0 Å². The zero-order valence-corrected chi connectivity index (χ0v) is 17.3. The highest BCUT2D eigenvalue weighted by Gasteiger charge is 2.15. The second kappa shape index (κ2) is 9.37. The third kappa shape index (κ3) is 5.13. The van der Waals surface area contributed by atoms with Crippen molar-refractivity contribution < 1.29 is 19.8 Å². The summed E-state index contributed by atoms with van der Waals surface area (Å²) in [5.74, 6) is 0.00185. The number of thiazole rings is 1. The van der Waals surface area contributed by atoms with Gasteiger partial charge >= 0.3 is 0 Å². The molecule has 0 radical (unpaired) electrons. The van der Waals surface area contributed by atoms with Crippen LogP contribution < -0.4 is 16.0 Å². The minimum absolute atomic E-state index is 0.0236. The third-order valence-electron chi connectivity index (χ3n) is 4.23. The van der Waals surface area contributed by atoms with Gasteiger partial charge in [0, 0.05) is 24.4 Å². The van der Waals surface area contributed by atoms with E-state index in [9.17, 15) is 14.7 Å². The summed E-state index contributed by atoms with van der Waals surface area (Å²) < 4.78 is 1.45. The maximum atomic E-state index is 12.6. The number of aryl methyl sites for hydroxylation is 1. The fourth-order valence-corrected chi connectivity index (χ4v) is 3.38. The lowest BCUT2D eigenvalue weighted by molar-refractivity contribution is -0.122. The van der Waals surface area contributed by atoms with Crippen LogP contribution in [0.3, 0.4) is 0 Å². The van der Waals surface area contributed by atoms with Gasteiger partial charge in [-0.15, -0.1) is 0 Å². The van der Waals surface area contributed by atoms with Crippen molar-refractivity contribution in [3.8, 4) is 5.75 Å². The fraction of sp³-hybridized carbons (Fsp3) is 0.263. The van der Waals surface area contributed by atoms with Gasteiger partial charge in [-0.25, -0.2) is 4.98 Å². The molecule has 30 heavy (non-hydrogen) atoms. The van der Waals surface area contributed by atoms with Crippen LogP contribution >= 0.6 is 11.3 Å². The predicted octanol–water partition coefficient (Wildman–Crippen LogP) is 1.77. The third-order valence-corrected chi connectivity index (χ3v) is 5.14. The van der Waals surface area contributed by atoms with Gasteiger partial charge in [0.1, 0.15) is 17.2 Å². The maximum absolute atomic E-state index is 12.6. The first-order valence-corrected chi connectivity index (χ1v) is 9.93. The Labute approximate surface area is 176 Å². The minimum Gasteiger partial charge on any atom is -0.508 e.